The molecule has 0 fully saturated rings. The molecule has 150 valence electrons. The van der Waals surface area contributed by atoms with Crippen LogP contribution in [0, 0.1) is 11.8 Å². The summed E-state index contributed by atoms with van der Waals surface area (Å²) in [5.41, 5.74) is -0.692. The second-order valence-corrected chi connectivity index (χ2v) is 7.70. The third-order valence-electron chi connectivity index (χ3n) is 3.59. The summed E-state index contributed by atoms with van der Waals surface area (Å²) in [7, 11) is 0. The first kappa shape index (κ1) is 23.9. The third kappa shape index (κ3) is 10.7. The fourth-order valence-electron chi connectivity index (χ4n) is 2.35. The van der Waals surface area contributed by atoms with E-state index in [-0.39, 0.29) is 30.4 Å². The van der Waals surface area contributed by atoms with E-state index in [9.17, 15) is 24.3 Å². The summed E-state index contributed by atoms with van der Waals surface area (Å²) in [6.45, 7) is 10.4. The van der Waals surface area contributed by atoms with E-state index < -0.39 is 29.6 Å². The number of carboxylic acids is 1. The van der Waals surface area contributed by atoms with Crippen LogP contribution in [0.3, 0.4) is 0 Å². The average Bonchev–Trinajstić information content (AvgIpc) is 2.44. The van der Waals surface area contributed by atoms with E-state index in [2.05, 4.69) is 10.6 Å². The molecule has 0 saturated heterocycles. The van der Waals surface area contributed by atoms with E-state index in [1.807, 2.05) is 0 Å². The number of carbonyl (C=O) groups is 4. The molecule has 0 unspecified atom stereocenters. The highest BCUT2D eigenvalue weighted by atomic mass is 16.6. The highest BCUT2D eigenvalue weighted by molar-refractivity contribution is 5.90. The van der Waals surface area contributed by atoms with Gasteiger partial charge in [-0.2, -0.15) is 0 Å². The van der Waals surface area contributed by atoms with E-state index in [0.29, 0.717) is 13.0 Å². The number of aliphatic carboxylic acids is 1. The summed E-state index contributed by atoms with van der Waals surface area (Å²) in [5.74, 6) is -2.67. The molecule has 0 aliphatic rings. The minimum Gasteiger partial charge on any atom is -0.481 e. The summed E-state index contributed by atoms with van der Waals surface area (Å²) in [6, 6.07) is -0.818. The van der Waals surface area contributed by atoms with Gasteiger partial charge in [0.2, 0.25) is 5.91 Å². The molecule has 3 N–H and O–H groups in total. The van der Waals surface area contributed by atoms with Gasteiger partial charge in [-0.05, 0) is 39.5 Å². The van der Waals surface area contributed by atoms with Crippen LogP contribution in [0.15, 0.2) is 0 Å². The molecule has 0 aromatic carbocycles. The molecule has 0 radical (unpaired) electrons. The smallest absolute Gasteiger partial charge is 0.408 e. The molecule has 0 heterocycles. The van der Waals surface area contributed by atoms with Crippen molar-refractivity contribution in [2.45, 2.75) is 72.4 Å². The van der Waals surface area contributed by atoms with Gasteiger partial charge in [0.25, 0.3) is 0 Å². The van der Waals surface area contributed by atoms with E-state index >= 15 is 0 Å². The minimum atomic E-state index is -1.07. The first-order chi connectivity index (χ1) is 11.8. The summed E-state index contributed by atoms with van der Waals surface area (Å²) < 4.78 is 5.16. The summed E-state index contributed by atoms with van der Waals surface area (Å²) >= 11 is 0. The molecule has 0 rings (SSSR count). The van der Waals surface area contributed by atoms with Crippen LogP contribution in [0.4, 0.5) is 4.79 Å². The number of carboxylic acid groups (broad SMARTS) is 1. The molecule has 0 spiro atoms. The minimum absolute atomic E-state index is 0.186. The molecule has 0 saturated carbocycles. The number of ether oxygens (including phenoxy) is 1. The van der Waals surface area contributed by atoms with Gasteiger partial charge in [-0.15, -0.1) is 0 Å². The number of hydrogen-bond acceptors (Lipinski definition) is 5. The van der Waals surface area contributed by atoms with Crippen LogP contribution >= 0.6 is 0 Å². The first-order valence-electron chi connectivity index (χ1n) is 8.83. The Morgan fingerprint density at radius 3 is 2.12 bits per heavy atom. The molecule has 0 aromatic rings. The molecular formula is C18H32N2O6. The Morgan fingerprint density at radius 2 is 1.69 bits per heavy atom. The summed E-state index contributed by atoms with van der Waals surface area (Å²) in [4.78, 5) is 46.7. The van der Waals surface area contributed by atoms with Gasteiger partial charge in [0.05, 0.1) is 12.0 Å². The van der Waals surface area contributed by atoms with Crippen molar-refractivity contribution in [3.63, 3.8) is 0 Å². The molecule has 0 aliphatic heterocycles. The lowest BCUT2D eigenvalue weighted by Gasteiger charge is -2.25. The number of rotatable bonds is 10. The van der Waals surface area contributed by atoms with Crippen molar-refractivity contribution in [1.82, 2.24) is 10.6 Å². The molecule has 0 aromatic heterocycles. The van der Waals surface area contributed by atoms with Crippen LogP contribution in [0.5, 0.6) is 0 Å². The van der Waals surface area contributed by atoms with Crippen molar-refractivity contribution in [3.8, 4) is 0 Å². The highest BCUT2D eigenvalue weighted by Crippen LogP contribution is 2.17. The average molecular weight is 372 g/mol. The monoisotopic (exact) mass is 372 g/mol. The standard InChI is InChI=1S/C18H32N2O6/c1-11(2)15(20-17(25)26-18(4,5)6)14(22)10-13(16(23)24)8-7-9-19-12(3)21/h11,13,15H,7-10H2,1-6H3,(H,19,21)(H,20,25)(H,23,24)/t13-,15+/m1/s1. The van der Waals surface area contributed by atoms with E-state index in [4.69, 9.17) is 4.74 Å². The van der Waals surface area contributed by atoms with Crippen LogP contribution < -0.4 is 10.6 Å². The zero-order valence-corrected chi connectivity index (χ0v) is 16.5. The van der Waals surface area contributed by atoms with E-state index in [0.717, 1.165) is 0 Å². The maximum atomic E-state index is 12.5. The van der Waals surface area contributed by atoms with Gasteiger partial charge in [0.15, 0.2) is 5.78 Å². The highest BCUT2D eigenvalue weighted by Gasteiger charge is 2.30. The molecule has 8 heteroatoms. The van der Waals surface area contributed by atoms with Gasteiger partial charge in [-0.1, -0.05) is 13.8 Å². The topological polar surface area (TPSA) is 122 Å². The maximum absolute atomic E-state index is 12.5. The Balaban J connectivity index is 4.80. The van der Waals surface area contributed by atoms with Crippen LogP contribution in [0.1, 0.15) is 60.8 Å². The number of ketones is 1. The predicted molar refractivity (Wildman–Crippen MR) is 96.7 cm³/mol. The fourth-order valence-corrected chi connectivity index (χ4v) is 2.35. The maximum Gasteiger partial charge on any atom is 0.408 e. The Labute approximate surface area is 155 Å². The number of carbonyl (C=O) groups excluding carboxylic acids is 3. The van der Waals surface area contributed by atoms with Crippen LogP contribution in [-0.2, 0) is 19.1 Å². The normalized spacial score (nSPS) is 13.7. The Kier molecular flexibility index (Phi) is 9.90. The third-order valence-corrected chi connectivity index (χ3v) is 3.59. The Hall–Kier alpha value is -2.12. The number of amides is 2. The first-order valence-corrected chi connectivity index (χ1v) is 8.83. The van der Waals surface area contributed by atoms with Crippen molar-refractivity contribution in [3.05, 3.63) is 0 Å². The lowest BCUT2D eigenvalue weighted by molar-refractivity contribution is -0.144. The molecule has 2 amide bonds. The van der Waals surface area contributed by atoms with Crippen molar-refractivity contribution in [2.24, 2.45) is 11.8 Å². The van der Waals surface area contributed by atoms with E-state index in [1.54, 1.807) is 34.6 Å². The van der Waals surface area contributed by atoms with Crippen LogP contribution in [-0.4, -0.2) is 47.0 Å². The van der Waals surface area contributed by atoms with Crippen molar-refractivity contribution < 1.29 is 29.0 Å². The molecule has 26 heavy (non-hydrogen) atoms. The number of alkyl carbamates (subject to hydrolysis) is 1. The van der Waals surface area contributed by atoms with Gasteiger partial charge < -0.3 is 20.5 Å². The second kappa shape index (κ2) is 10.8. The van der Waals surface area contributed by atoms with Crippen molar-refractivity contribution >= 4 is 23.8 Å². The molecular weight excluding hydrogens is 340 g/mol. The van der Waals surface area contributed by atoms with Gasteiger partial charge >= 0.3 is 12.1 Å². The number of hydrogen-bond donors (Lipinski definition) is 3. The second-order valence-electron chi connectivity index (χ2n) is 7.70. The molecule has 0 aliphatic carbocycles. The van der Waals surface area contributed by atoms with Crippen molar-refractivity contribution in [2.75, 3.05) is 6.54 Å². The SMILES string of the molecule is CC(=O)NCCC[C@H](CC(=O)[C@@H](NC(=O)OC(C)(C)C)C(C)C)C(=O)O. The van der Waals surface area contributed by atoms with Gasteiger partial charge in [0, 0.05) is 19.9 Å². The van der Waals surface area contributed by atoms with Crippen molar-refractivity contribution in [1.29, 1.82) is 0 Å². The van der Waals surface area contributed by atoms with Gasteiger partial charge in [-0.25, -0.2) is 4.79 Å². The number of nitrogens with one attached hydrogen (secondary N) is 2. The Morgan fingerprint density at radius 1 is 1.12 bits per heavy atom. The lowest BCUT2D eigenvalue weighted by Crippen LogP contribution is -2.47. The number of Topliss-reactive ketones (excluding diaryl/α,β-unsaturated/α-hetero) is 1. The summed E-state index contributed by atoms with van der Waals surface area (Å²) in [5, 5.41) is 14.5. The van der Waals surface area contributed by atoms with Gasteiger partial charge in [0.1, 0.15) is 5.60 Å². The quantitative estimate of drug-likeness (QED) is 0.505. The zero-order valence-electron chi connectivity index (χ0n) is 16.5. The van der Waals surface area contributed by atoms with Gasteiger partial charge in [-0.3, -0.25) is 14.4 Å². The lowest BCUT2D eigenvalue weighted by atomic mass is 9.90. The zero-order chi connectivity index (χ0) is 20.5. The molecule has 8 nitrogen and oxygen atoms in total. The largest absolute Gasteiger partial charge is 0.481 e. The molecule has 0 bridgehead atoms. The van der Waals surface area contributed by atoms with Crippen LogP contribution in [0.25, 0.3) is 0 Å². The fraction of sp³-hybridized carbons (Fsp3) is 0.778. The Bertz CT molecular complexity index is 510. The predicted octanol–water partition coefficient (Wildman–Crippen LogP) is 2.11. The van der Waals surface area contributed by atoms with Crippen LogP contribution in [0.2, 0.25) is 0 Å². The summed E-state index contributed by atoms with van der Waals surface area (Å²) in [6.07, 6.45) is -0.176. The molecule has 2 atom stereocenters. The van der Waals surface area contributed by atoms with E-state index in [1.165, 1.54) is 6.92 Å².